The van der Waals surface area contributed by atoms with Gasteiger partial charge in [-0.2, -0.15) is 0 Å². The van der Waals surface area contributed by atoms with Gasteiger partial charge >= 0.3 is 5.91 Å². The number of aromatic nitrogens is 1. The summed E-state index contributed by atoms with van der Waals surface area (Å²) in [7, 11) is 1.50. The zero-order valence-corrected chi connectivity index (χ0v) is 16.9. The maximum Gasteiger partial charge on any atom is 0.301 e. The van der Waals surface area contributed by atoms with E-state index in [4.69, 9.17) is 20.9 Å². The van der Waals surface area contributed by atoms with Crippen molar-refractivity contribution >= 4 is 34.9 Å². The second-order valence-corrected chi connectivity index (χ2v) is 7.18. The molecule has 0 unspecified atom stereocenters. The van der Waals surface area contributed by atoms with Gasteiger partial charge in [-0.15, -0.1) is 0 Å². The molecule has 1 saturated heterocycles. The van der Waals surface area contributed by atoms with Gasteiger partial charge < -0.3 is 14.4 Å². The Bertz CT molecular complexity index is 1170. The maximum atomic E-state index is 13.0. The third-order valence-electron chi connectivity index (χ3n) is 4.84. The molecule has 2 heterocycles. The summed E-state index contributed by atoms with van der Waals surface area (Å²) >= 11 is 6.01. The van der Waals surface area contributed by atoms with E-state index >= 15 is 0 Å². The lowest BCUT2D eigenvalue weighted by atomic mass is 9.95. The number of carbonyl (C=O) groups excluding carboxylic acids is 2. The fraction of sp³-hybridized carbons (Fsp3) is 0.136. The molecule has 0 radical (unpaired) electrons. The highest BCUT2D eigenvalue weighted by atomic mass is 35.5. The predicted octanol–water partition coefficient (Wildman–Crippen LogP) is 4.27. The summed E-state index contributed by atoms with van der Waals surface area (Å²) in [5.41, 5.74) is 0.877. The average Bonchev–Trinajstić information content (AvgIpc) is 3.29. The number of ether oxygens (including phenoxy) is 1. The van der Waals surface area contributed by atoms with Crippen molar-refractivity contribution in [3.63, 3.8) is 0 Å². The first kappa shape index (κ1) is 19.7. The van der Waals surface area contributed by atoms with Gasteiger partial charge in [0, 0.05) is 16.7 Å². The Kier molecular flexibility index (Phi) is 5.05. The summed E-state index contributed by atoms with van der Waals surface area (Å²) in [6, 6.07) is 13.9. The van der Waals surface area contributed by atoms with Gasteiger partial charge in [0.2, 0.25) is 0 Å². The van der Waals surface area contributed by atoms with E-state index in [1.807, 2.05) is 0 Å². The van der Waals surface area contributed by atoms with Crippen molar-refractivity contribution in [3.05, 3.63) is 82.1 Å². The van der Waals surface area contributed by atoms with Crippen LogP contribution in [0.2, 0.25) is 5.02 Å². The fourth-order valence-corrected chi connectivity index (χ4v) is 3.55. The van der Waals surface area contributed by atoms with E-state index in [1.54, 1.807) is 61.5 Å². The zero-order valence-electron chi connectivity index (χ0n) is 16.1. The van der Waals surface area contributed by atoms with Crippen molar-refractivity contribution in [2.75, 3.05) is 12.0 Å². The van der Waals surface area contributed by atoms with Crippen molar-refractivity contribution < 1.29 is 24.0 Å². The first-order valence-corrected chi connectivity index (χ1v) is 9.42. The SMILES string of the molecule is COc1cccc(C(O)=C2C(=O)C(=O)N(c3cc(C)on3)[C@@H]2c2ccc(Cl)cc2)c1. The predicted molar refractivity (Wildman–Crippen MR) is 110 cm³/mol. The fourth-order valence-electron chi connectivity index (χ4n) is 3.42. The standard InChI is InChI=1S/C22H17ClN2O5/c1-12-10-17(24-30-12)25-19(13-6-8-15(23)9-7-13)18(21(27)22(25)28)20(26)14-4-3-5-16(11-14)29-2/h3-11,19,26H,1-2H3/t19-/m1/s1. The summed E-state index contributed by atoms with van der Waals surface area (Å²) < 4.78 is 10.3. The molecule has 1 aromatic heterocycles. The average molecular weight is 425 g/mol. The molecular formula is C22H17ClN2O5. The van der Waals surface area contributed by atoms with Crippen molar-refractivity contribution in [1.82, 2.24) is 5.16 Å². The van der Waals surface area contributed by atoms with Gasteiger partial charge in [-0.3, -0.25) is 14.5 Å². The molecule has 30 heavy (non-hydrogen) atoms. The minimum absolute atomic E-state index is 0.0590. The Morgan fingerprint density at radius 2 is 1.90 bits per heavy atom. The Morgan fingerprint density at radius 1 is 1.17 bits per heavy atom. The number of hydrogen-bond acceptors (Lipinski definition) is 6. The van der Waals surface area contributed by atoms with Crippen LogP contribution in [0.1, 0.15) is 22.9 Å². The Labute approximate surface area is 177 Å². The maximum absolute atomic E-state index is 13.0. The molecular weight excluding hydrogens is 408 g/mol. The Morgan fingerprint density at radius 3 is 2.53 bits per heavy atom. The number of anilines is 1. The number of Topliss-reactive ketones (excluding diaryl/α,β-unsaturated/α-hetero) is 1. The number of aliphatic hydroxyl groups is 1. The molecule has 1 fully saturated rings. The van der Waals surface area contributed by atoms with Crippen molar-refractivity contribution in [3.8, 4) is 5.75 Å². The summed E-state index contributed by atoms with van der Waals surface area (Å²) in [5, 5.41) is 15.4. The van der Waals surface area contributed by atoms with Gasteiger partial charge in [0.25, 0.3) is 5.78 Å². The molecule has 3 aromatic rings. The van der Waals surface area contributed by atoms with Crippen LogP contribution in [0.3, 0.4) is 0 Å². The van der Waals surface area contributed by atoms with Crippen LogP contribution in [0.4, 0.5) is 5.82 Å². The van der Waals surface area contributed by atoms with Crippen molar-refractivity contribution in [2.45, 2.75) is 13.0 Å². The topological polar surface area (TPSA) is 92.9 Å². The lowest BCUT2D eigenvalue weighted by Crippen LogP contribution is -2.29. The normalized spacial score (nSPS) is 18.1. The summed E-state index contributed by atoms with van der Waals surface area (Å²) in [5.74, 6) is -0.782. The molecule has 4 rings (SSSR count). The van der Waals surface area contributed by atoms with E-state index in [2.05, 4.69) is 5.16 Å². The molecule has 1 N–H and O–H groups in total. The van der Waals surface area contributed by atoms with Gasteiger partial charge in [0.05, 0.1) is 18.7 Å². The van der Waals surface area contributed by atoms with Crippen LogP contribution in [0.15, 0.2) is 64.7 Å². The van der Waals surface area contributed by atoms with E-state index in [0.717, 1.165) is 0 Å². The largest absolute Gasteiger partial charge is 0.507 e. The van der Waals surface area contributed by atoms with Crippen LogP contribution in [0.25, 0.3) is 5.76 Å². The Hall–Kier alpha value is -3.58. The highest BCUT2D eigenvalue weighted by Crippen LogP contribution is 2.42. The van der Waals surface area contributed by atoms with Gasteiger partial charge in [-0.25, -0.2) is 0 Å². The molecule has 0 bridgehead atoms. The van der Waals surface area contributed by atoms with Gasteiger partial charge in [-0.05, 0) is 36.8 Å². The van der Waals surface area contributed by atoms with E-state index in [0.29, 0.717) is 27.7 Å². The molecule has 0 spiro atoms. The first-order valence-electron chi connectivity index (χ1n) is 9.05. The van der Waals surface area contributed by atoms with E-state index in [1.165, 1.54) is 12.0 Å². The van der Waals surface area contributed by atoms with E-state index in [9.17, 15) is 14.7 Å². The van der Waals surface area contributed by atoms with Crippen LogP contribution in [-0.2, 0) is 9.59 Å². The molecule has 8 heteroatoms. The minimum atomic E-state index is -0.905. The monoisotopic (exact) mass is 424 g/mol. The molecule has 0 aliphatic carbocycles. The molecule has 7 nitrogen and oxygen atoms in total. The molecule has 152 valence electrons. The van der Waals surface area contributed by atoms with E-state index < -0.39 is 17.7 Å². The van der Waals surface area contributed by atoms with Crippen LogP contribution in [-0.4, -0.2) is 29.1 Å². The van der Waals surface area contributed by atoms with Crippen molar-refractivity contribution in [2.24, 2.45) is 0 Å². The molecule has 1 amide bonds. The highest BCUT2D eigenvalue weighted by Gasteiger charge is 2.48. The second-order valence-electron chi connectivity index (χ2n) is 6.75. The van der Waals surface area contributed by atoms with Crippen LogP contribution < -0.4 is 9.64 Å². The molecule has 1 atom stereocenters. The highest BCUT2D eigenvalue weighted by molar-refractivity contribution is 6.51. The number of aliphatic hydroxyl groups excluding tert-OH is 1. The van der Waals surface area contributed by atoms with Crippen LogP contribution in [0.5, 0.6) is 5.75 Å². The third-order valence-corrected chi connectivity index (χ3v) is 5.09. The smallest absolute Gasteiger partial charge is 0.301 e. The zero-order chi connectivity index (χ0) is 21.4. The number of nitrogens with zero attached hydrogens (tertiary/aromatic N) is 2. The van der Waals surface area contributed by atoms with Crippen molar-refractivity contribution in [1.29, 1.82) is 0 Å². The van der Waals surface area contributed by atoms with E-state index in [-0.39, 0.29) is 17.2 Å². The number of benzene rings is 2. The number of hydrogen-bond donors (Lipinski definition) is 1. The van der Waals surface area contributed by atoms with Crippen LogP contribution in [0, 0.1) is 6.92 Å². The third kappa shape index (κ3) is 3.33. The summed E-state index contributed by atoms with van der Waals surface area (Å²) in [6.45, 7) is 1.68. The first-order chi connectivity index (χ1) is 14.4. The number of rotatable bonds is 4. The number of ketones is 1. The second kappa shape index (κ2) is 7.68. The molecule has 1 aliphatic heterocycles. The number of halogens is 1. The Balaban J connectivity index is 1.94. The van der Waals surface area contributed by atoms with Gasteiger partial charge in [0.15, 0.2) is 5.82 Å². The number of carbonyl (C=O) groups is 2. The number of amides is 1. The minimum Gasteiger partial charge on any atom is -0.507 e. The summed E-state index contributed by atoms with van der Waals surface area (Å²) in [6.07, 6.45) is 0. The number of aryl methyl sites for hydroxylation is 1. The number of methoxy groups -OCH3 is 1. The lowest BCUT2D eigenvalue weighted by Gasteiger charge is -2.22. The van der Waals surface area contributed by atoms with Gasteiger partial charge in [-0.1, -0.05) is 41.0 Å². The molecule has 1 aliphatic rings. The lowest BCUT2D eigenvalue weighted by molar-refractivity contribution is -0.132. The quantitative estimate of drug-likeness (QED) is 0.382. The summed E-state index contributed by atoms with van der Waals surface area (Å²) in [4.78, 5) is 27.1. The molecule has 0 saturated carbocycles. The van der Waals surface area contributed by atoms with Crippen LogP contribution >= 0.6 is 11.6 Å². The van der Waals surface area contributed by atoms with Gasteiger partial charge in [0.1, 0.15) is 17.3 Å². The molecule has 2 aromatic carbocycles.